The van der Waals surface area contributed by atoms with E-state index in [1.54, 1.807) is 0 Å². The first-order chi connectivity index (χ1) is 5.38. The molecule has 0 aromatic heterocycles. The van der Waals surface area contributed by atoms with Gasteiger partial charge in [-0.15, -0.1) is 0 Å². The van der Waals surface area contributed by atoms with Gasteiger partial charge in [-0.25, -0.2) is 0 Å². The fourth-order valence-corrected chi connectivity index (χ4v) is 1.23. The van der Waals surface area contributed by atoms with E-state index in [0.29, 0.717) is 0 Å². The van der Waals surface area contributed by atoms with E-state index in [9.17, 15) is 0 Å². The lowest BCUT2D eigenvalue weighted by Gasteiger charge is -2.20. The SMILES string of the molecule is CCN(CC)c1ccccc1.[SiH4]. The van der Waals surface area contributed by atoms with Crippen LogP contribution in [0.3, 0.4) is 0 Å². The van der Waals surface area contributed by atoms with Gasteiger partial charge in [0, 0.05) is 18.8 Å². The summed E-state index contributed by atoms with van der Waals surface area (Å²) in [6.07, 6.45) is 0. The third-order valence-corrected chi connectivity index (χ3v) is 1.88. The van der Waals surface area contributed by atoms with Crippen molar-refractivity contribution in [2.24, 2.45) is 0 Å². The van der Waals surface area contributed by atoms with Crippen LogP contribution >= 0.6 is 0 Å². The monoisotopic (exact) mass is 181 g/mol. The van der Waals surface area contributed by atoms with Crippen molar-refractivity contribution in [2.75, 3.05) is 18.0 Å². The van der Waals surface area contributed by atoms with Crippen molar-refractivity contribution in [2.45, 2.75) is 13.8 Å². The Hall–Kier alpha value is -0.763. The van der Waals surface area contributed by atoms with E-state index in [-0.39, 0.29) is 11.0 Å². The normalized spacial score (nSPS) is 8.83. The third-order valence-electron chi connectivity index (χ3n) is 1.88. The minimum atomic E-state index is 0. The van der Waals surface area contributed by atoms with Crippen LogP contribution in [0.15, 0.2) is 30.3 Å². The van der Waals surface area contributed by atoms with E-state index in [4.69, 9.17) is 0 Å². The van der Waals surface area contributed by atoms with Crippen molar-refractivity contribution in [3.8, 4) is 0 Å². The van der Waals surface area contributed by atoms with Gasteiger partial charge in [0.15, 0.2) is 0 Å². The topological polar surface area (TPSA) is 3.24 Å². The zero-order valence-corrected chi connectivity index (χ0v) is 7.25. The van der Waals surface area contributed by atoms with Crippen molar-refractivity contribution < 1.29 is 0 Å². The molecule has 0 aliphatic rings. The lowest BCUT2D eigenvalue weighted by molar-refractivity contribution is 0.866. The van der Waals surface area contributed by atoms with Crippen molar-refractivity contribution in [3.05, 3.63) is 30.3 Å². The van der Waals surface area contributed by atoms with Crippen molar-refractivity contribution in [1.29, 1.82) is 0 Å². The second-order valence-corrected chi connectivity index (χ2v) is 2.51. The molecule has 1 rings (SSSR count). The van der Waals surface area contributed by atoms with E-state index in [0.717, 1.165) is 13.1 Å². The maximum absolute atomic E-state index is 2.33. The summed E-state index contributed by atoms with van der Waals surface area (Å²) in [6, 6.07) is 10.5. The molecule has 0 aliphatic carbocycles. The minimum absolute atomic E-state index is 0. The standard InChI is InChI=1S/C10H15N.H4Si/c1-3-11(4-2)10-8-6-5-7-9-10;/h5-9H,3-4H2,1-2H3;1H4. The number of anilines is 1. The second-order valence-electron chi connectivity index (χ2n) is 2.51. The molecule has 0 amide bonds. The lowest BCUT2D eigenvalue weighted by atomic mass is 10.3. The largest absolute Gasteiger partial charge is 0.372 e. The summed E-state index contributed by atoms with van der Waals surface area (Å²) in [4.78, 5) is 2.33. The fraction of sp³-hybridized carbons (Fsp3) is 0.400. The van der Waals surface area contributed by atoms with Gasteiger partial charge in [-0.2, -0.15) is 0 Å². The van der Waals surface area contributed by atoms with Crippen LogP contribution in [0.5, 0.6) is 0 Å². The highest BCUT2D eigenvalue weighted by Gasteiger charge is 1.97. The molecule has 1 aromatic carbocycles. The van der Waals surface area contributed by atoms with Gasteiger partial charge >= 0.3 is 0 Å². The number of benzene rings is 1. The molecule has 0 saturated carbocycles. The van der Waals surface area contributed by atoms with E-state index < -0.39 is 0 Å². The average Bonchev–Trinajstić information content (AvgIpc) is 2.09. The van der Waals surface area contributed by atoms with Crippen LogP contribution in [0, 0.1) is 0 Å². The smallest absolute Gasteiger partial charge is 0.0365 e. The summed E-state index contributed by atoms with van der Waals surface area (Å²) in [7, 11) is 0. The molecule has 0 saturated heterocycles. The van der Waals surface area contributed by atoms with Crippen LogP contribution in [0.25, 0.3) is 0 Å². The molecule has 0 bridgehead atoms. The number of hydrogen-bond acceptors (Lipinski definition) is 1. The van der Waals surface area contributed by atoms with Gasteiger partial charge in [0.25, 0.3) is 0 Å². The summed E-state index contributed by atoms with van der Waals surface area (Å²) in [6.45, 7) is 6.52. The molecule has 12 heavy (non-hydrogen) atoms. The van der Waals surface area contributed by atoms with Gasteiger partial charge in [0.2, 0.25) is 0 Å². The van der Waals surface area contributed by atoms with Gasteiger partial charge in [0.1, 0.15) is 0 Å². The number of hydrogen-bond donors (Lipinski definition) is 0. The summed E-state index contributed by atoms with van der Waals surface area (Å²) < 4.78 is 0. The molecule has 68 valence electrons. The Kier molecular flexibility index (Phi) is 5.46. The molecule has 2 heteroatoms. The molecule has 0 fully saturated rings. The molecular formula is C10H19NSi. The predicted octanol–water partition coefficient (Wildman–Crippen LogP) is 1.08. The highest BCUT2D eigenvalue weighted by Crippen LogP contribution is 2.11. The van der Waals surface area contributed by atoms with E-state index in [2.05, 4.69) is 43.0 Å². The Balaban J connectivity index is 0.00000121. The molecular weight excluding hydrogens is 162 g/mol. The van der Waals surface area contributed by atoms with Crippen LogP contribution in [0.2, 0.25) is 0 Å². The number of rotatable bonds is 3. The Labute approximate surface area is 79.4 Å². The van der Waals surface area contributed by atoms with Gasteiger partial charge in [-0.3, -0.25) is 0 Å². The molecule has 1 nitrogen and oxygen atoms in total. The number of para-hydroxylation sites is 1. The maximum atomic E-state index is 2.33. The molecule has 0 spiro atoms. The molecule has 1 aromatic rings. The van der Waals surface area contributed by atoms with Crippen LogP contribution in [0.1, 0.15) is 13.8 Å². The Morgan fingerprint density at radius 2 is 1.50 bits per heavy atom. The van der Waals surface area contributed by atoms with E-state index >= 15 is 0 Å². The van der Waals surface area contributed by atoms with Gasteiger partial charge in [-0.1, -0.05) is 18.2 Å². The van der Waals surface area contributed by atoms with Gasteiger partial charge in [0.05, 0.1) is 0 Å². The van der Waals surface area contributed by atoms with Crippen molar-refractivity contribution in [1.82, 2.24) is 0 Å². The van der Waals surface area contributed by atoms with Crippen LogP contribution in [-0.4, -0.2) is 24.1 Å². The highest BCUT2D eigenvalue weighted by molar-refractivity contribution is 5.75. The Morgan fingerprint density at radius 3 is 1.92 bits per heavy atom. The lowest BCUT2D eigenvalue weighted by Crippen LogP contribution is -2.21. The zero-order chi connectivity index (χ0) is 8.10. The molecule has 0 heterocycles. The predicted molar refractivity (Wildman–Crippen MR) is 61.3 cm³/mol. The first-order valence-corrected chi connectivity index (χ1v) is 4.18. The molecule has 0 N–H and O–H groups in total. The average molecular weight is 181 g/mol. The highest BCUT2D eigenvalue weighted by atomic mass is 28.1. The quantitative estimate of drug-likeness (QED) is 0.631. The summed E-state index contributed by atoms with van der Waals surface area (Å²) in [5.74, 6) is 0. The fourth-order valence-electron chi connectivity index (χ4n) is 1.23. The van der Waals surface area contributed by atoms with Crippen LogP contribution in [-0.2, 0) is 0 Å². The van der Waals surface area contributed by atoms with Crippen LogP contribution < -0.4 is 4.90 Å². The molecule has 0 radical (unpaired) electrons. The summed E-state index contributed by atoms with van der Waals surface area (Å²) in [5.41, 5.74) is 1.32. The third kappa shape index (κ3) is 2.70. The summed E-state index contributed by atoms with van der Waals surface area (Å²) in [5, 5.41) is 0. The first kappa shape index (κ1) is 11.2. The second kappa shape index (κ2) is 5.83. The molecule has 0 unspecified atom stereocenters. The van der Waals surface area contributed by atoms with Crippen LogP contribution in [0.4, 0.5) is 5.69 Å². The Bertz CT molecular complexity index is 194. The van der Waals surface area contributed by atoms with E-state index in [1.807, 2.05) is 6.07 Å². The minimum Gasteiger partial charge on any atom is -0.372 e. The zero-order valence-electron chi connectivity index (χ0n) is 7.25. The maximum Gasteiger partial charge on any atom is 0.0365 e. The Morgan fingerprint density at radius 1 is 1.00 bits per heavy atom. The molecule has 0 atom stereocenters. The van der Waals surface area contributed by atoms with Gasteiger partial charge in [-0.05, 0) is 36.9 Å². The first-order valence-electron chi connectivity index (χ1n) is 4.18. The summed E-state index contributed by atoms with van der Waals surface area (Å²) >= 11 is 0. The van der Waals surface area contributed by atoms with Crippen molar-refractivity contribution in [3.63, 3.8) is 0 Å². The van der Waals surface area contributed by atoms with Gasteiger partial charge < -0.3 is 4.90 Å². The molecule has 0 aliphatic heterocycles. The number of nitrogens with zero attached hydrogens (tertiary/aromatic N) is 1. The van der Waals surface area contributed by atoms with Crippen molar-refractivity contribution >= 4 is 16.7 Å². The van der Waals surface area contributed by atoms with E-state index in [1.165, 1.54) is 5.69 Å².